The Morgan fingerprint density at radius 3 is 2.26 bits per heavy atom. The first-order valence-corrected chi connectivity index (χ1v) is 13.6. The smallest absolute Gasteiger partial charge is 0.243 e. The van der Waals surface area contributed by atoms with Crippen molar-refractivity contribution in [3.05, 3.63) is 84.1 Å². The average molecular weight is 509 g/mol. The molecule has 1 aliphatic rings. The van der Waals surface area contributed by atoms with E-state index in [-0.39, 0.29) is 35.5 Å². The van der Waals surface area contributed by atoms with E-state index >= 15 is 0 Å². The maximum Gasteiger partial charge on any atom is 0.243 e. The van der Waals surface area contributed by atoms with E-state index in [2.05, 4.69) is 4.72 Å². The fourth-order valence-corrected chi connectivity index (χ4v) is 6.09. The van der Waals surface area contributed by atoms with Gasteiger partial charge in [-0.25, -0.2) is 25.9 Å². The van der Waals surface area contributed by atoms with Crippen molar-refractivity contribution < 1.29 is 30.4 Å². The van der Waals surface area contributed by atoms with Crippen LogP contribution >= 0.6 is 0 Å². The molecule has 0 aliphatic carbocycles. The lowest BCUT2D eigenvalue weighted by molar-refractivity contribution is 0.114. The van der Waals surface area contributed by atoms with Crippen LogP contribution in [0.2, 0.25) is 0 Å². The molecule has 0 spiro atoms. The molecule has 2 heterocycles. The second kappa shape index (κ2) is 10.4. The molecule has 0 saturated carbocycles. The minimum absolute atomic E-state index is 0.0215. The average Bonchev–Trinajstić information content (AvgIpc) is 3.53. The maximum atomic E-state index is 13.4. The molecular weight excluding hydrogens is 483 g/mol. The zero-order valence-electron chi connectivity index (χ0n) is 18.3. The quantitative estimate of drug-likeness (QED) is 0.451. The molecule has 8 nitrogen and oxygen atoms in total. The Morgan fingerprint density at radius 2 is 1.65 bits per heavy atom. The highest BCUT2D eigenvalue weighted by Gasteiger charge is 2.27. The Bertz CT molecular complexity index is 1290. The van der Waals surface area contributed by atoms with Crippen LogP contribution in [-0.2, 0) is 37.9 Å². The van der Waals surface area contributed by atoms with Gasteiger partial charge in [-0.05, 0) is 66.9 Å². The van der Waals surface area contributed by atoms with E-state index in [1.807, 2.05) is 0 Å². The van der Waals surface area contributed by atoms with Crippen LogP contribution in [0.3, 0.4) is 0 Å². The summed E-state index contributed by atoms with van der Waals surface area (Å²) in [5, 5.41) is 0. The topological polar surface area (TPSA) is 106 Å². The third-order valence-corrected chi connectivity index (χ3v) is 8.73. The summed E-state index contributed by atoms with van der Waals surface area (Å²) >= 11 is 0. The van der Waals surface area contributed by atoms with Gasteiger partial charge in [0.05, 0.1) is 28.7 Å². The van der Waals surface area contributed by atoms with Crippen molar-refractivity contribution in [2.45, 2.75) is 41.8 Å². The van der Waals surface area contributed by atoms with Crippen LogP contribution in [0.5, 0.6) is 0 Å². The number of halogens is 1. The summed E-state index contributed by atoms with van der Waals surface area (Å²) in [5.41, 5.74) is 0.592. The van der Waals surface area contributed by atoms with Gasteiger partial charge in [-0.3, -0.25) is 0 Å². The van der Waals surface area contributed by atoms with Gasteiger partial charge in [0.25, 0.3) is 0 Å². The largest absolute Gasteiger partial charge is 0.468 e. The van der Waals surface area contributed by atoms with Crippen molar-refractivity contribution in [2.75, 3.05) is 13.2 Å². The Hall–Kier alpha value is -2.57. The molecule has 1 aliphatic heterocycles. The molecule has 0 unspecified atom stereocenters. The van der Waals surface area contributed by atoms with E-state index in [4.69, 9.17) is 9.15 Å². The second-order valence-electron chi connectivity index (χ2n) is 7.94. The van der Waals surface area contributed by atoms with Crippen molar-refractivity contribution in [3.8, 4) is 0 Å². The van der Waals surface area contributed by atoms with Crippen LogP contribution in [0.15, 0.2) is 81.1 Å². The molecule has 182 valence electrons. The third kappa shape index (κ3) is 5.91. The van der Waals surface area contributed by atoms with E-state index < -0.39 is 25.9 Å². The lowest BCUT2D eigenvalue weighted by Crippen LogP contribution is -2.32. The van der Waals surface area contributed by atoms with Gasteiger partial charge in [0.1, 0.15) is 11.6 Å². The Morgan fingerprint density at radius 1 is 0.941 bits per heavy atom. The summed E-state index contributed by atoms with van der Waals surface area (Å²) in [5.74, 6) is 0.0114. The molecule has 34 heavy (non-hydrogen) atoms. The van der Waals surface area contributed by atoms with Crippen LogP contribution in [0.4, 0.5) is 4.39 Å². The van der Waals surface area contributed by atoms with Crippen LogP contribution in [0.1, 0.15) is 24.2 Å². The van der Waals surface area contributed by atoms with Gasteiger partial charge in [-0.15, -0.1) is 0 Å². The molecule has 1 aromatic heterocycles. The van der Waals surface area contributed by atoms with Crippen LogP contribution < -0.4 is 4.72 Å². The predicted molar refractivity (Wildman–Crippen MR) is 122 cm³/mol. The predicted octanol–water partition coefficient (Wildman–Crippen LogP) is 3.27. The number of benzene rings is 2. The first kappa shape index (κ1) is 24.6. The molecular formula is C23H25FN2O6S2. The molecule has 3 aromatic rings. The van der Waals surface area contributed by atoms with E-state index in [0.717, 1.165) is 12.8 Å². The number of ether oxygens (including phenoxy) is 1. The normalized spacial score (nSPS) is 16.8. The third-order valence-electron chi connectivity index (χ3n) is 5.48. The molecule has 4 rings (SSSR count). The number of nitrogens with one attached hydrogen (secondary N) is 1. The van der Waals surface area contributed by atoms with Crippen LogP contribution in [0, 0.1) is 5.82 Å². The Kier molecular flexibility index (Phi) is 7.48. The summed E-state index contributed by atoms with van der Waals surface area (Å²) in [7, 11) is -7.84. The van der Waals surface area contributed by atoms with Crippen LogP contribution in [0.25, 0.3) is 0 Å². The fraction of sp³-hybridized carbons (Fsp3) is 0.304. The maximum absolute atomic E-state index is 13.4. The summed E-state index contributed by atoms with van der Waals surface area (Å²) in [6.07, 6.45) is 2.97. The number of furan rings is 1. The molecule has 1 N–H and O–H groups in total. The molecule has 11 heteroatoms. The summed E-state index contributed by atoms with van der Waals surface area (Å²) in [6.45, 7) is 0.713. The standard InChI is InChI=1S/C23H25FN2O6S2/c24-19-7-5-18(6-8-19)16-26(17-21-4-2-14-32-21)34(29,30)23-11-9-22(10-12-23)33(27,28)25-15-20-3-1-13-31-20/h2,4-12,14,20,25H,1,3,13,15-17H2/t20-/m0/s1. The number of rotatable bonds is 10. The van der Waals surface area contributed by atoms with Crippen molar-refractivity contribution in [3.63, 3.8) is 0 Å². The Labute approximate surface area is 198 Å². The monoisotopic (exact) mass is 508 g/mol. The molecule has 1 atom stereocenters. The highest BCUT2D eigenvalue weighted by Crippen LogP contribution is 2.23. The number of hydrogen-bond donors (Lipinski definition) is 1. The number of sulfonamides is 2. The van der Waals surface area contributed by atoms with Crippen molar-refractivity contribution in [1.82, 2.24) is 9.03 Å². The second-order valence-corrected chi connectivity index (χ2v) is 11.6. The number of nitrogens with zero attached hydrogens (tertiary/aromatic N) is 1. The molecule has 0 radical (unpaired) electrons. The SMILES string of the molecule is O=S(=O)(NC[C@@H]1CCCO1)c1ccc(S(=O)(=O)N(Cc2ccc(F)cc2)Cc2ccco2)cc1. The summed E-state index contributed by atoms with van der Waals surface area (Å²) < 4.78 is 79.8. The van der Waals surface area contributed by atoms with Crippen molar-refractivity contribution >= 4 is 20.0 Å². The van der Waals surface area contributed by atoms with Gasteiger partial charge >= 0.3 is 0 Å². The van der Waals surface area contributed by atoms with Crippen LogP contribution in [-0.4, -0.2) is 40.4 Å². The molecule has 0 bridgehead atoms. The minimum Gasteiger partial charge on any atom is -0.468 e. The zero-order valence-corrected chi connectivity index (χ0v) is 19.9. The van der Waals surface area contributed by atoms with Gasteiger partial charge < -0.3 is 9.15 Å². The van der Waals surface area contributed by atoms with Gasteiger partial charge in [-0.2, -0.15) is 4.31 Å². The number of hydrogen-bond acceptors (Lipinski definition) is 6. The van der Waals surface area contributed by atoms with Gasteiger partial charge in [-0.1, -0.05) is 12.1 Å². The zero-order chi connectivity index (χ0) is 24.2. The Balaban J connectivity index is 1.54. The molecule has 1 fully saturated rings. The van der Waals surface area contributed by atoms with E-state index in [1.54, 1.807) is 12.1 Å². The molecule has 1 saturated heterocycles. The first-order chi connectivity index (χ1) is 16.2. The van der Waals surface area contributed by atoms with E-state index in [9.17, 15) is 21.2 Å². The fourth-order valence-electron chi connectivity index (χ4n) is 3.63. The highest BCUT2D eigenvalue weighted by atomic mass is 32.2. The summed E-state index contributed by atoms with van der Waals surface area (Å²) in [4.78, 5) is -0.111. The minimum atomic E-state index is -4.03. The van der Waals surface area contributed by atoms with Gasteiger partial charge in [0.2, 0.25) is 20.0 Å². The van der Waals surface area contributed by atoms with E-state index in [0.29, 0.717) is 17.9 Å². The van der Waals surface area contributed by atoms with Gasteiger partial charge in [0.15, 0.2) is 0 Å². The molecule has 0 amide bonds. The highest BCUT2D eigenvalue weighted by molar-refractivity contribution is 7.89. The summed E-state index contributed by atoms with van der Waals surface area (Å²) in [6, 6.07) is 13.9. The first-order valence-electron chi connectivity index (χ1n) is 10.7. The molecule has 2 aromatic carbocycles. The lowest BCUT2D eigenvalue weighted by Gasteiger charge is -2.21. The lowest BCUT2D eigenvalue weighted by atomic mass is 10.2. The van der Waals surface area contributed by atoms with E-state index in [1.165, 1.54) is 59.1 Å². The van der Waals surface area contributed by atoms with Crippen molar-refractivity contribution in [1.29, 1.82) is 0 Å². The van der Waals surface area contributed by atoms with Crippen molar-refractivity contribution in [2.24, 2.45) is 0 Å². The van der Waals surface area contributed by atoms with Gasteiger partial charge in [0, 0.05) is 19.7 Å².